The van der Waals surface area contributed by atoms with E-state index in [9.17, 15) is 27.9 Å². The quantitative estimate of drug-likeness (QED) is 0.485. The number of likely N-dealkylation sites (tertiary alicyclic amines) is 1. The Bertz CT molecular complexity index is 1510. The monoisotopic (exact) mass is 562 g/mol. The number of hydrogen-bond acceptors (Lipinski definition) is 6. The first kappa shape index (κ1) is 26.1. The minimum Gasteiger partial charge on any atom is -0.491 e. The first-order valence-electron chi connectivity index (χ1n) is 12.8. The number of pyridine rings is 2. The molecule has 1 saturated heterocycles. The molecule has 2 N–H and O–H groups in total. The molecule has 3 aromatic rings. The summed E-state index contributed by atoms with van der Waals surface area (Å²) in [6.07, 6.45) is -2.19. The van der Waals surface area contributed by atoms with Crippen LogP contribution in [0.3, 0.4) is 0 Å². The molecule has 0 unspecified atom stereocenters. The third-order valence-electron chi connectivity index (χ3n) is 8.19. The van der Waals surface area contributed by atoms with Crippen molar-refractivity contribution in [2.75, 3.05) is 31.6 Å². The van der Waals surface area contributed by atoms with Crippen LogP contribution >= 0.6 is 11.6 Å². The number of nitrogens with zero attached hydrogens (tertiary/aromatic N) is 3. The molecule has 1 aromatic carbocycles. The number of ether oxygens (including phenoxy) is 1. The Balaban J connectivity index is 1.15. The maximum Gasteiger partial charge on any atom is 0.417 e. The van der Waals surface area contributed by atoms with Crippen LogP contribution in [0.5, 0.6) is 5.75 Å². The van der Waals surface area contributed by atoms with E-state index in [1.165, 1.54) is 16.8 Å². The van der Waals surface area contributed by atoms with Crippen LogP contribution in [0.2, 0.25) is 5.02 Å². The van der Waals surface area contributed by atoms with Crippen LogP contribution in [-0.2, 0) is 16.4 Å². The first-order chi connectivity index (χ1) is 18.5. The summed E-state index contributed by atoms with van der Waals surface area (Å²) >= 11 is 6.19. The lowest BCUT2D eigenvalue weighted by Crippen LogP contribution is -2.47. The van der Waals surface area contributed by atoms with E-state index in [4.69, 9.17) is 16.3 Å². The molecule has 206 valence electrons. The van der Waals surface area contributed by atoms with Crippen molar-refractivity contribution in [2.45, 2.75) is 49.4 Å². The number of rotatable bonds is 5. The van der Waals surface area contributed by atoms with Gasteiger partial charge in [-0.05, 0) is 68.6 Å². The maximum absolute atomic E-state index is 13.8. The van der Waals surface area contributed by atoms with Crippen LogP contribution in [-0.4, -0.2) is 57.8 Å². The van der Waals surface area contributed by atoms with Crippen LogP contribution in [0.15, 0.2) is 41.3 Å². The number of amides is 1. The van der Waals surface area contributed by atoms with Gasteiger partial charge in [-0.15, -0.1) is 0 Å². The zero-order valence-corrected chi connectivity index (χ0v) is 21.6. The fraction of sp³-hybridized carbons (Fsp3) is 0.444. The lowest BCUT2D eigenvalue weighted by Gasteiger charge is -2.38. The van der Waals surface area contributed by atoms with E-state index in [2.05, 4.69) is 15.2 Å². The minimum absolute atomic E-state index is 0.0201. The third kappa shape index (κ3) is 4.56. The summed E-state index contributed by atoms with van der Waals surface area (Å²) in [6, 6.07) is 6.88. The van der Waals surface area contributed by atoms with Gasteiger partial charge < -0.3 is 15.2 Å². The van der Waals surface area contributed by atoms with Crippen molar-refractivity contribution in [1.29, 1.82) is 0 Å². The van der Waals surface area contributed by atoms with E-state index < -0.39 is 34.9 Å². The van der Waals surface area contributed by atoms with E-state index in [1.807, 2.05) is 12.1 Å². The molecule has 1 amide bonds. The van der Waals surface area contributed by atoms with Gasteiger partial charge in [0.05, 0.1) is 23.3 Å². The number of alkyl halides is 3. The predicted molar refractivity (Wildman–Crippen MR) is 138 cm³/mol. The maximum atomic E-state index is 13.8. The molecule has 0 bridgehead atoms. The fourth-order valence-electron chi connectivity index (χ4n) is 5.97. The Kier molecular flexibility index (Phi) is 6.35. The van der Waals surface area contributed by atoms with E-state index in [0.717, 1.165) is 11.3 Å². The Morgan fingerprint density at radius 1 is 1.15 bits per heavy atom. The first-order valence-corrected chi connectivity index (χ1v) is 13.2. The molecule has 4 heterocycles. The Morgan fingerprint density at radius 2 is 1.90 bits per heavy atom. The molecule has 6 rings (SSSR count). The van der Waals surface area contributed by atoms with E-state index >= 15 is 0 Å². The summed E-state index contributed by atoms with van der Waals surface area (Å²) in [5.74, 6) is 0.146. The molecular formula is C27H26ClF3N4O4. The van der Waals surface area contributed by atoms with Gasteiger partial charge in [-0.2, -0.15) is 13.2 Å². The molecule has 3 aliphatic rings. The number of hydrogen-bond donors (Lipinski definition) is 2. The number of benzene rings is 1. The average Bonchev–Trinajstić information content (AvgIpc) is 3.13. The third-order valence-corrected chi connectivity index (χ3v) is 8.43. The summed E-state index contributed by atoms with van der Waals surface area (Å²) in [4.78, 5) is 31.7. The molecule has 0 atom stereocenters. The molecule has 0 radical (unpaired) electrons. The number of aromatic nitrogens is 2. The highest BCUT2D eigenvalue weighted by molar-refractivity contribution is 6.31. The molecule has 1 aliphatic carbocycles. The fourth-order valence-corrected chi connectivity index (χ4v) is 6.15. The van der Waals surface area contributed by atoms with Crippen molar-refractivity contribution in [1.82, 2.24) is 14.5 Å². The number of halogens is 4. The second-order valence-electron chi connectivity index (χ2n) is 10.5. The van der Waals surface area contributed by atoms with Gasteiger partial charge >= 0.3 is 6.18 Å². The van der Waals surface area contributed by atoms with Gasteiger partial charge in [0, 0.05) is 34.7 Å². The second kappa shape index (κ2) is 9.50. The number of piperidine rings is 1. The topological polar surface area (TPSA) is 96.7 Å². The molecular weight excluding hydrogens is 537 g/mol. The van der Waals surface area contributed by atoms with Crippen molar-refractivity contribution in [2.24, 2.45) is 0 Å². The smallest absolute Gasteiger partial charge is 0.417 e. The van der Waals surface area contributed by atoms with Gasteiger partial charge in [0.15, 0.2) is 0 Å². The SMILES string of the molecule is O=C1Nc2ccc(Cl)cc2C12CCN(CCOc1cnc3c(c1)c(C(F)(F)F)cc(=O)n3[C@H]1C[C@@H](O)C1)CC2. The van der Waals surface area contributed by atoms with Crippen LogP contribution in [0.4, 0.5) is 18.9 Å². The Labute approximate surface area is 226 Å². The average molecular weight is 563 g/mol. The van der Waals surface area contributed by atoms with Gasteiger partial charge in [0.25, 0.3) is 5.56 Å². The van der Waals surface area contributed by atoms with Gasteiger partial charge in [0.2, 0.25) is 5.91 Å². The van der Waals surface area contributed by atoms with E-state index in [-0.39, 0.29) is 42.1 Å². The highest BCUT2D eigenvalue weighted by atomic mass is 35.5. The minimum atomic E-state index is -4.74. The lowest BCUT2D eigenvalue weighted by atomic mass is 9.73. The summed E-state index contributed by atoms with van der Waals surface area (Å²) in [5, 5.41) is 13.0. The van der Waals surface area contributed by atoms with E-state index in [0.29, 0.717) is 43.6 Å². The molecule has 2 fully saturated rings. The van der Waals surface area contributed by atoms with Gasteiger partial charge in [-0.25, -0.2) is 4.98 Å². The predicted octanol–water partition coefficient (Wildman–Crippen LogP) is 4.13. The van der Waals surface area contributed by atoms with Gasteiger partial charge in [-0.3, -0.25) is 19.1 Å². The second-order valence-corrected chi connectivity index (χ2v) is 10.9. The normalized spacial score (nSPS) is 22.5. The van der Waals surface area contributed by atoms with Crippen LogP contribution < -0.4 is 15.6 Å². The van der Waals surface area contributed by atoms with Crippen molar-refractivity contribution >= 4 is 34.2 Å². The number of nitrogens with one attached hydrogen (secondary N) is 1. The molecule has 1 spiro atoms. The molecule has 8 nitrogen and oxygen atoms in total. The van der Waals surface area contributed by atoms with Gasteiger partial charge in [-0.1, -0.05) is 11.6 Å². The van der Waals surface area contributed by atoms with Crippen molar-refractivity contribution in [3.63, 3.8) is 0 Å². The summed E-state index contributed by atoms with van der Waals surface area (Å²) < 4.78 is 48.4. The van der Waals surface area contributed by atoms with Crippen LogP contribution in [0.25, 0.3) is 11.0 Å². The lowest BCUT2D eigenvalue weighted by molar-refractivity contribution is -0.136. The summed E-state index contributed by atoms with van der Waals surface area (Å²) in [6.45, 7) is 2.03. The number of fused-ring (bicyclic) bond motifs is 3. The Morgan fingerprint density at radius 3 is 2.59 bits per heavy atom. The summed E-state index contributed by atoms with van der Waals surface area (Å²) in [7, 11) is 0. The van der Waals surface area contributed by atoms with Crippen molar-refractivity contribution in [3.8, 4) is 5.75 Å². The highest BCUT2D eigenvalue weighted by Crippen LogP contribution is 2.46. The van der Waals surface area contributed by atoms with Gasteiger partial charge in [0.1, 0.15) is 18.0 Å². The Hall–Kier alpha value is -3.15. The molecule has 39 heavy (non-hydrogen) atoms. The zero-order chi connectivity index (χ0) is 27.5. The van der Waals surface area contributed by atoms with Crippen LogP contribution in [0, 0.1) is 0 Å². The number of carbonyl (C=O) groups excluding carboxylic acids is 1. The molecule has 2 aliphatic heterocycles. The number of aliphatic hydroxyl groups is 1. The number of anilines is 1. The molecule has 12 heteroatoms. The molecule has 1 saturated carbocycles. The highest BCUT2D eigenvalue weighted by Gasteiger charge is 2.48. The number of aliphatic hydroxyl groups excluding tert-OH is 1. The summed E-state index contributed by atoms with van der Waals surface area (Å²) in [5.41, 5.74) is -0.823. The number of carbonyl (C=O) groups is 1. The largest absolute Gasteiger partial charge is 0.491 e. The van der Waals surface area contributed by atoms with Crippen molar-refractivity contribution < 1.29 is 27.8 Å². The van der Waals surface area contributed by atoms with E-state index in [1.54, 1.807) is 6.07 Å². The van der Waals surface area contributed by atoms with Crippen molar-refractivity contribution in [3.05, 3.63) is 63.0 Å². The van der Waals surface area contributed by atoms with Crippen LogP contribution in [0.1, 0.15) is 42.9 Å². The zero-order valence-electron chi connectivity index (χ0n) is 20.8. The molecule has 2 aromatic heterocycles. The standard InChI is InChI=1S/C27H26ClF3N4O4/c28-15-1-2-22-21(9-15)26(25(38)33-22)3-5-34(6-4-26)7-8-39-18-12-19-20(27(29,30)31)13-23(37)35(24(19)32-14-18)16-10-17(36)11-16/h1-2,9,12-14,16-17,36H,3-8,10-11H2,(H,33,38)/t16-,17+.